The van der Waals surface area contributed by atoms with Gasteiger partial charge in [-0.15, -0.1) is 10.2 Å². The Morgan fingerprint density at radius 1 is 1.42 bits per heavy atom. The number of aromatic nitrogens is 4. The minimum Gasteiger partial charge on any atom is -0.476 e. The van der Waals surface area contributed by atoms with Gasteiger partial charge in [0.2, 0.25) is 5.89 Å². The first-order chi connectivity index (χ1) is 9.15. The molecule has 0 aliphatic carbocycles. The summed E-state index contributed by atoms with van der Waals surface area (Å²) in [6.45, 7) is 1.67. The van der Waals surface area contributed by atoms with Crippen LogP contribution in [-0.4, -0.2) is 30.7 Å². The van der Waals surface area contributed by atoms with Crippen molar-refractivity contribution < 1.29 is 14.3 Å². The fraction of sp³-hybridized carbons (Fsp3) is 0.0909. The molecule has 8 heteroatoms. The predicted molar refractivity (Wildman–Crippen MR) is 65.3 cm³/mol. The summed E-state index contributed by atoms with van der Waals surface area (Å²) in [5, 5.41) is 17.4. The zero-order valence-corrected chi connectivity index (χ0v) is 10.6. The lowest BCUT2D eigenvalue weighted by molar-refractivity contribution is 0.0685. The van der Waals surface area contributed by atoms with Crippen LogP contribution < -0.4 is 0 Å². The van der Waals surface area contributed by atoms with Crippen LogP contribution in [0.3, 0.4) is 0 Å². The number of rotatable bonds is 3. The standard InChI is InChI=1S/C11H8N4O3S/c1-6-13-14-11(18-6)19-9-8(10(16)17)15-5-3-2-4-7(15)12-9/h2-5H,1H3,(H,16,17). The minimum atomic E-state index is -1.06. The number of carboxylic acid groups (broad SMARTS) is 1. The van der Waals surface area contributed by atoms with Gasteiger partial charge in [0.15, 0.2) is 5.69 Å². The molecule has 0 saturated heterocycles. The van der Waals surface area contributed by atoms with E-state index < -0.39 is 5.97 Å². The lowest BCUT2D eigenvalue weighted by atomic mass is 10.4. The second kappa shape index (κ2) is 4.39. The van der Waals surface area contributed by atoms with Crippen LogP contribution >= 0.6 is 11.8 Å². The SMILES string of the molecule is Cc1nnc(Sc2nc3ccccn3c2C(=O)O)o1. The molecule has 0 aliphatic rings. The summed E-state index contributed by atoms with van der Waals surface area (Å²) in [6, 6.07) is 5.27. The fourth-order valence-electron chi connectivity index (χ4n) is 1.64. The highest BCUT2D eigenvalue weighted by Gasteiger charge is 2.21. The monoisotopic (exact) mass is 276 g/mol. The molecule has 0 aliphatic heterocycles. The van der Waals surface area contributed by atoms with Crippen LogP contribution in [0.1, 0.15) is 16.4 Å². The van der Waals surface area contributed by atoms with Crippen LogP contribution in [0.2, 0.25) is 0 Å². The van der Waals surface area contributed by atoms with Crippen molar-refractivity contribution in [3.05, 3.63) is 36.0 Å². The second-order valence-corrected chi connectivity index (χ2v) is 4.63. The van der Waals surface area contributed by atoms with Crippen molar-refractivity contribution >= 4 is 23.4 Å². The van der Waals surface area contributed by atoms with Gasteiger partial charge in [-0.3, -0.25) is 4.40 Å². The van der Waals surface area contributed by atoms with Gasteiger partial charge in [-0.25, -0.2) is 9.78 Å². The van der Waals surface area contributed by atoms with Crippen LogP contribution in [0, 0.1) is 6.92 Å². The van der Waals surface area contributed by atoms with E-state index in [9.17, 15) is 9.90 Å². The van der Waals surface area contributed by atoms with Crippen molar-refractivity contribution in [1.82, 2.24) is 19.6 Å². The van der Waals surface area contributed by atoms with E-state index in [-0.39, 0.29) is 10.9 Å². The van der Waals surface area contributed by atoms with Gasteiger partial charge in [-0.1, -0.05) is 6.07 Å². The summed E-state index contributed by atoms with van der Waals surface area (Å²) in [6.07, 6.45) is 1.65. The number of aryl methyl sites for hydroxylation is 1. The molecular weight excluding hydrogens is 268 g/mol. The number of aromatic carboxylic acids is 1. The van der Waals surface area contributed by atoms with E-state index in [1.54, 1.807) is 31.3 Å². The van der Waals surface area contributed by atoms with Gasteiger partial charge in [0.1, 0.15) is 10.7 Å². The van der Waals surface area contributed by atoms with E-state index in [1.165, 1.54) is 4.40 Å². The molecular formula is C11H8N4O3S. The molecule has 7 nitrogen and oxygen atoms in total. The highest BCUT2D eigenvalue weighted by Crippen LogP contribution is 2.29. The molecule has 3 heterocycles. The summed E-state index contributed by atoms with van der Waals surface area (Å²) in [4.78, 5) is 15.6. The van der Waals surface area contributed by atoms with Crippen LogP contribution in [-0.2, 0) is 0 Å². The van der Waals surface area contributed by atoms with Crippen molar-refractivity contribution in [3.8, 4) is 0 Å². The number of fused-ring (bicyclic) bond motifs is 1. The van der Waals surface area contributed by atoms with Gasteiger partial charge in [0, 0.05) is 13.1 Å². The number of hydrogen-bond acceptors (Lipinski definition) is 6. The van der Waals surface area contributed by atoms with Gasteiger partial charge in [0.05, 0.1) is 0 Å². The lowest BCUT2D eigenvalue weighted by Gasteiger charge is -1.96. The van der Waals surface area contributed by atoms with Crippen molar-refractivity contribution in [2.75, 3.05) is 0 Å². The van der Waals surface area contributed by atoms with E-state index in [0.29, 0.717) is 16.6 Å². The number of hydrogen-bond donors (Lipinski definition) is 1. The van der Waals surface area contributed by atoms with Crippen molar-refractivity contribution in [2.45, 2.75) is 17.2 Å². The third kappa shape index (κ3) is 2.06. The van der Waals surface area contributed by atoms with E-state index >= 15 is 0 Å². The first-order valence-electron chi connectivity index (χ1n) is 5.33. The predicted octanol–water partition coefficient (Wildman–Crippen LogP) is 1.88. The molecule has 0 amide bonds. The third-order valence-corrected chi connectivity index (χ3v) is 3.21. The number of pyridine rings is 1. The maximum absolute atomic E-state index is 11.4. The molecule has 0 radical (unpaired) electrons. The average molecular weight is 276 g/mol. The van der Waals surface area contributed by atoms with E-state index in [2.05, 4.69) is 15.2 Å². The molecule has 0 spiro atoms. The average Bonchev–Trinajstić information content (AvgIpc) is 2.92. The molecule has 19 heavy (non-hydrogen) atoms. The van der Waals surface area contributed by atoms with E-state index in [0.717, 1.165) is 11.8 Å². The van der Waals surface area contributed by atoms with Gasteiger partial charge in [-0.05, 0) is 23.9 Å². The molecule has 0 aromatic carbocycles. The Balaban J connectivity index is 2.12. The summed E-state index contributed by atoms with van der Waals surface area (Å²) in [5.74, 6) is -0.638. The largest absolute Gasteiger partial charge is 0.476 e. The molecule has 3 aromatic heterocycles. The lowest BCUT2D eigenvalue weighted by Crippen LogP contribution is -2.02. The van der Waals surface area contributed by atoms with E-state index in [4.69, 9.17) is 4.42 Å². The molecule has 0 fully saturated rings. The first kappa shape index (κ1) is 11.7. The number of imidazole rings is 1. The summed E-state index contributed by atoms with van der Waals surface area (Å²) < 4.78 is 6.72. The highest BCUT2D eigenvalue weighted by molar-refractivity contribution is 7.99. The molecule has 0 bridgehead atoms. The fourth-order valence-corrected chi connectivity index (χ4v) is 2.47. The molecule has 3 rings (SSSR count). The van der Waals surface area contributed by atoms with Crippen LogP contribution in [0.5, 0.6) is 0 Å². The maximum atomic E-state index is 11.4. The van der Waals surface area contributed by atoms with Crippen molar-refractivity contribution in [3.63, 3.8) is 0 Å². The molecule has 0 atom stereocenters. The van der Waals surface area contributed by atoms with Crippen LogP contribution in [0.25, 0.3) is 5.65 Å². The molecule has 0 unspecified atom stereocenters. The quantitative estimate of drug-likeness (QED) is 0.780. The third-order valence-electron chi connectivity index (χ3n) is 2.39. The van der Waals surface area contributed by atoms with Crippen LogP contribution in [0.15, 0.2) is 39.1 Å². The Hall–Kier alpha value is -2.35. The van der Waals surface area contributed by atoms with Crippen molar-refractivity contribution in [1.29, 1.82) is 0 Å². The number of carboxylic acids is 1. The number of nitrogens with zero attached hydrogens (tertiary/aromatic N) is 4. The smallest absolute Gasteiger partial charge is 0.355 e. The Morgan fingerprint density at radius 2 is 2.26 bits per heavy atom. The summed E-state index contributed by atoms with van der Waals surface area (Å²) >= 11 is 1.04. The molecule has 3 aromatic rings. The highest BCUT2D eigenvalue weighted by atomic mass is 32.2. The Labute approximate surface area is 111 Å². The summed E-state index contributed by atoms with van der Waals surface area (Å²) in [7, 11) is 0. The minimum absolute atomic E-state index is 0.0800. The van der Waals surface area contributed by atoms with E-state index in [1.807, 2.05) is 0 Å². The van der Waals surface area contributed by atoms with Gasteiger partial charge in [-0.2, -0.15) is 0 Å². The Bertz CT molecular complexity index is 764. The molecule has 1 N–H and O–H groups in total. The first-order valence-corrected chi connectivity index (χ1v) is 6.15. The molecule has 96 valence electrons. The topological polar surface area (TPSA) is 93.5 Å². The second-order valence-electron chi connectivity index (χ2n) is 3.69. The zero-order valence-electron chi connectivity index (χ0n) is 9.77. The molecule has 0 saturated carbocycles. The van der Waals surface area contributed by atoms with Gasteiger partial charge < -0.3 is 9.52 Å². The van der Waals surface area contributed by atoms with Gasteiger partial charge >= 0.3 is 5.97 Å². The number of carbonyl (C=O) groups is 1. The van der Waals surface area contributed by atoms with Crippen LogP contribution in [0.4, 0.5) is 0 Å². The Kier molecular flexibility index (Phi) is 2.71. The Morgan fingerprint density at radius 3 is 2.95 bits per heavy atom. The van der Waals surface area contributed by atoms with Gasteiger partial charge in [0.25, 0.3) is 5.22 Å². The van der Waals surface area contributed by atoms with Crippen molar-refractivity contribution in [2.24, 2.45) is 0 Å². The maximum Gasteiger partial charge on any atom is 0.355 e. The normalized spacial score (nSPS) is 11.0. The summed E-state index contributed by atoms with van der Waals surface area (Å²) in [5.41, 5.74) is 0.634. The zero-order chi connectivity index (χ0) is 13.4.